The van der Waals surface area contributed by atoms with Gasteiger partial charge in [0.15, 0.2) is 0 Å². The SMILES string of the molecule is CCCCC#CCCCCCCCC/C(=C/C(=O)OC)C(=O)OC. The fraction of sp³-hybridized carbons (Fsp3) is 0.700. The van der Waals surface area contributed by atoms with E-state index in [2.05, 4.69) is 28.2 Å². The molecular formula is C20H32O4. The second kappa shape index (κ2) is 16.1. The van der Waals surface area contributed by atoms with E-state index in [9.17, 15) is 9.59 Å². The van der Waals surface area contributed by atoms with Crippen molar-refractivity contribution in [2.75, 3.05) is 14.2 Å². The first-order chi connectivity index (χ1) is 11.7. The maximum absolute atomic E-state index is 11.6. The van der Waals surface area contributed by atoms with Gasteiger partial charge < -0.3 is 9.47 Å². The number of carbonyl (C=O) groups excluding carboxylic acids is 2. The van der Waals surface area contributed by atoms with E-state index in [-0.39, 0.29) is 0 Å². The predicted molar refractivity (Wildman–Crippen MR) is 96.4 cm³/mol. The third-order valence-corrected chi connectivity index (χ3v) is 3.72. The van der Waals surface area contributed by atoms with Crippen molar-refractivity contribution in [3.05, 3.63) is 11.6 Å². The van der Waals surface area contributed by atoms with Gasteiger partial charge in [-0.3, -0.25) is 0 Å². The van der Waals surface area contributed by atoms with E-state index >= 15 is 0 Å². The van der Waals surface area contributed by atoms with Crippen LogP contribution in [-0.2, 0) is 19.1 Å². The van der Waals surface area contributed by atoms with Gasteiger partial charge in [-0.15, -0.1) is 11.8 Å². The van der Waals surface area contributed by atoms with E-state index < -0.39 is 11.9 Å². The molecule has 0 aliphatic heterocycles. The molecule has 0 bridgehead atoms. The molecule has 0 fully saturated rings. The minimum absolute atomic E-state index is 0.381. The lowest BCUT2D eigenvalue weighted by Crippen LogP contribution is -2.08. The molecule has 0 spiro atoms. The Morgan fingerprint density at radius 1 is 0.833 bits per heavy atom. The van der Waals surface area contributed by atoms with Crippen molar-refractivity contribution in [1.82, 2.24) is 0 Å². The first-order valence-corrected chi connectivity index (χ1v) is 8.98. The van der Waals surface area contributed by atoms with Crippen LogP contribution in [0.25, 0.3) is 0 Å². The lowest BCUT2D eigenvalue weighted by Gasteiger charge is -2.05. The maximum Gasteiger partial charge on any atom is 0.333 e. The molecule has 24 heavy (non-hydrogen) atoms. The summed E-state index contributed by atoms with van der Waals surface area (Å²) in [5, 5.41) is 0. The van der Waals surface area contributed by atoms with Crippen molar-refractivity contribution in [3.8, 4) is 11.8 Å². The molecule has 0 saturated heterocycles. The van der Waals surface area contributed by atoms with Gasteiger partial charge in [0.25, 0.3) is 0 Å². The summed E-state index contributed by atoms with van der Waals surface area (Å²) >= 11 is 0. The molecule has 0 amide bonds. The number of carbonyl (C=O) groups is 2. The minimum atomic E-state index is -0.518. The number of unbranched alkanes of at least 4 members (excludes halogenated alkanes) is 8. The third-order valence-electron chi connectivity index (χ3n) is 3.72. The van der Waals surface area contributed by atoms with Crippen LogP contribution in [-0.4, -0.2) is 26.2 Å². The van der Waals surface area contributed by atoms with Crippen molar-refractivity contribution >= 4 is 11.9 Å². The van der Waals surface area contributed by atoms with Gasteiger partial charge in [-0.1, -0.05) is 39.0 Å². The van der Waals surface area contributed by atoms with Crippen molar-refractivity contribution in [3.63, 3.8) is 0 Å². The van der Waals surface area contributed by atoms with Gasteiger partial charge in [0, 0.05) is 24.5 Å². The standard InChI is InChI=1S/C20H32O4/c1-4-5-6-7-8-9-10-11-12-13-14-15-16-18(20(22)24-3)17-19(21)23-2/h17H,4-6,9-16H2,1-3H3/b18-17-. The zero-order valence-electron chi connectivity index (χ0n) is 15.5. The van der Waals surface area contributed by atoms with E-state index in [0.29, 0.717) is 12.0 Å². The largest absolute Gasteiger partial charge is 0.466 e. The topological polar surface area (TPSA) is 52.6 Å². The van der Waals surface area contributed by atoms with Crippen LogP contribution in [0.1, 0.15) is 77.6 Å². The lowest BCUT2D eigenvalue weighted by molar-refractivity contribution is -0.138. The number of methoxy groups -OCH3 is 2. The van der Waals surface area contributed by atoms with Crippen LogP contribution in [0.3, 0.4) is 0 Å². The van der Waals surface area contributed by atoms with Gasteiger partial charge in [0.05, 0.1) is 14.2 Å². The van der Waals surface area contributed by atoms with Gasteiger partial charge in [0.1, 0.15) is 0 Å². The molecule has 0 rings (SSSR count). The quantitative estimate of drug-likeness (QED) is 0.227. The maximum atomic E-state index is 11.6. The van der Waals surface area contributed by atoms with Crippen molar-refractivity contribution in [1.29, 1.82) is 0 Å². The summed E-state index contributed by atoms with van der Waals surface area (Å²) < 4.78 is 9.24. The van der Waals surface area contributed by atoms with E-state index in [1.165, 1.54) is 46.0 Å². The first-order valence-electron chi connectivity index (χ1n) is 8.98. The third kappa shape index (κ3) is 12.8. The van der Waals surface area contributed by atoms with E-state index in [1.807, 2.05) is 0 Å². The average molecular weight is 336 g/mol. The summed E-state index contributed by atoms with van der Waals surface area (Å²) in [5.41, 5.74) is 0.381. The molecule has 0 aromatic rings. The zero-order chi connectivity index (χ0) is 18.0. The first kappa shape index (κ1) is 22.2. The highest BCUT2D eigenvalue weighted by molar-refractivity contribution is 5.96. The molecule has 0 radical (unpaired) electrons. The predicted octanol–water partition coefficient (Wildman–Crippen LogP) is 4.57. The molecule has 0 aliphatic rings. The smallest absolute Gasteiger partial charge is 0.333 e. The molecule has 0 N–H and O–H groups in total. The average Bonchev–Trinajstić information content (AvgIpc) is 2.60. The van der Waals surface area contributed by atoms with Gasteiger partial charge >= 0.3 is 11.9 Å². The Morgan fingerprint density at radius 3 is 2.00 bits per heavy atom. The van der Waals surface area contributed by atoms with Crippen LogP contribution in [0.4, 0.5) is 0 Å². The lowest BCUT2D eigenvalue weighted by atomic mass is 10.0. The summed E-state index contributed by atoms with van der Waals surface area (Å²) in [6.45, 7) is 2.18. The van der Waals surface area contributed by atoms with Crippen molar-refractivity contribution in [2.45, 2.75) is 77.6 Å². The Hall–Kier alpha value is -1.76. The molecule has 0 aromatic carbocycles. The summed E-state index contributed by atoms with van der Waals surface area (Å²) in [4.78, 5) is 22.8. The van der Waals surface area contributed by atoms with Crippen LogP contribution in [0, 0.1) is 11.8 Å². The number of hydrogen-bond acceptors (Lipinski definition) is 4. The second-order valence-electron chi connectivity index (χ2n) is 5.76. The molecule has 0 unspecified atom stereocenters. The molecule has 0 aromatic heterocycles. The summed E-state index contributed by atoms with van der Waals surface area (Å²) in [6, 6.07) is 0. The number of rotatable bonds is 12. The van der Waals surface area contributed by atoms with Crippen LogP contribution in [0.15, 0.2) is 11.6 Å². The molecular weight excluding hydrogens is 304 g/mol. The molecule has 4 heteroatoms. The molecule has 4 nitrogen and oxygen atoms in total. The summed E-state index contributed by atoms with van der Waals surface area (Å²) in [7, 11) is 2.61. The van der Waals surface area contributed by atoms with Crippen LogP contribution in [0.2, 0.25) is 0 Å². The Morgan fingerprint density at radius 2 is 1.42 bits per heavy atom. The van der Waals surface area contributed by atoms with E-state index in [1.54, 1.807) is 0 Å². The van der Waals surface area contributed by atoms with E-state index in [4.69, 9.17) is 0 Å². The van der Waals surface area contributed by atoms with Crippen LogP contribution >= 0.6 is 0 Å². The van der Waals surface area contributed by atoms with Gasteiger partial charge in [0.2, 0.25) is 0 Å². The zero-order valence-corrected chi connectivity index (χ0v) is 15.5. The summed E-state index contributed by atoms with van der Waals surface area (Å²) in [6.07, 6.45) is 12.8. The Kier molecular flexibility index (Phi) is 14.9. The van der Waals surface area contributed by atoms with Gasteiger partial charge in [-0.25, -0.2) is 9.59 Å². The highest BCUT2D eigenvalue weighted by Gasteiger charge is 2.11. The second-order valence-corrected chi connectivity index (χ2v) is 5.76. The van der Waals surface area contributed by atoms with E-state index in [0.717, 1.165) is 38.5 Å². The Balaban J connectivity index is 3.75. The highest BCUT2D eigenvalue weighted by atomic mass is 16.5. The number of ether oxygens (including phenoxy) is 2. The van der Waals surface area contributed by atoms with Crippen LogP contribution < -0.4 is 0 Å². The van der Waals surface area contributed by atoms with Crippen molar-refractivity contribution in [2.24, 2.45) is 0 Å². The molecule has 0 heterocycles. The van der Waals surface area contributed by atoms with Gasteiger partial charge in [-0.05, 0) is 25.7 Å². The fourth-order valence-corrected chi connectivity index (χ4v) is 2.24. The van der Waals surface area contributed by atoms with Crippen LogP contribution in [0.5, 0.6) is 0 Å². The molecule has 0 aliphatic carbocycles. The fourth-order valence-electron chi connectivity index (χ4n) is 2.24. The number of hydrogen-bond donors (Lipinski definition) is 0. The number of esters is 2. The highest BCUT2D eigenvalue weighted by Crippen LogP contribution is 2.13. The normalized spacial score (nSPS) is 10.7. The minimum Gasteiger partial charge on any atom is -0.466 e. The molecule has 136 valence electrons. The van der Waals surface area contributed by atoms with Gasteiger partial charge in [-0.2, -0.15) is 0 Å². The monoisotopic (exact) mass is 336 g/mol. The Bertz CT molecular complexity index is 440. The summed E-state index contributed by atoms with van der Waals surface area (Å²) in [5.74, 6) is 5.46. The van der Waals surface area contributed by atoms with Crippen molar-refractivity contribution < 1.29 is 19.1 Å². The molecule has 0 saturated carbocycles. The Labute approximate surface area is 147 Å². The molecule has 0 atom stereocenters.